The van der Waals surface area contributed by atoms with Gasteiger partial charge in [0.05, 0.1) is 11.9 Å². The molecule has 0 bridgehead atoms. The van der Waals surface area contributed by atoms with Crippen LogP contribution in [0.15, 0.2) is 27.4 Å². The quantitative estimate of drug-likeness (QED) is 0.803. The van der Waals surface area contributed by atoms with Gasteiger partial charge in [0.2, 0.25) is 5.76 Å². The standard InChI is InChI=1S/C14H12N2O4S/c1-7-5-10-12(21-7)15-8(2)16(13(10)17)6-9-3-4-11(20-9)14(18)19/h3-5H,6H2,1-2H3,(H,18,19). The summed E-state index contributed by atoms with van der Waals surface area (Å²) < 4.78 is 6.68. The second-order valence-corrected chi connectivity index (χ2v) is 5.93. The summed E-state index contributed by atoms with van der Waals surface area (Å²) in [5, 5.41) is 9.42. The number of aryl methyl sites for hydroxylation is 2. The third kappa shape index (κ3) is 2.36. The number of rotatable bonds is 3. The van der Waals surface area contributed by atoms with E-state index in [0.717, 1.165) is 9.71 Å². The molecule has 0 amide bonds. The minimum absolute atomic E-state index is 0.142. The first kappa shape index (κ1) is 13.6. The molecular formula is C14H12N2O4S. The molecule has 3 heterocycles. The Bertz CT molecular complexity index is 903. The number of carboxylic acid groups (broad SMARTS) is 1. The van der Waals surface area contributed by atoms with Crippen LogP contribution >= 0.6 is 11.3 Å². The van der Waals surface area contributed by atoms with Crippen LogP contribution in [-0.2, 0) is 6.54 Å². The Labute approximate surface area is 123 Å². The molecule has 0 aliphatic carbocycles. The fourth-order valence-corrected chi connectivity index (χ4v) is 3.07. The zero-order valence-electron chi connectivity index (χ0n) is 11.4. The molecule has 0 radical (unpaired) electrons. The Hall–Kier alpha value is -2.41. The van der Waals surface area contributed by atoms with E-state index in [-0.39, 0.29) is 17.9 Å². The molecule has 0 aliphatic heterocycles. The molecule has 3 aromatic rings. The second kappa shape index (κ2) is 4.85. The molecule has 0 aromatic carbocycles. The molecule has 0 spiro atoms. The van der Waals surface area contributed by atoms with Crippen LogP contribution in [0.2, 0.25) is 0 Å². The first-order valence-corrected chi connectivity index (χ1v) is 7.07. The topological polar surface area (TPSA) is 85.3 Å². The normalized spacial score (nSPS) is 11.1. The number of hydrogen-bond donors (Lipinski definition) is 1. The summed E-state index contributed by atoms with van der Waals surface area (Å²) >= 11 is 1.48. The Kier molecular flexibility index (Phi) is 3.13. The number of aromatic carboxylic acids is 1. The number of fused-ring (bicyclic) bond motifs is 1. The van der Waals surface area contributed by atoms with Gasteiger partial charge in [-0.05, 0) is 32.0 Å². The zero-order chi connectivity index (χ0) is 15.1. The zero-order valence-corrected chi connectivity index (χ0v) is 12.2. The molecular weight excluding hydrogens is 292 g/mol. The third-order valence-electron chi connectivity index (χ3n) is 3.15. The van der Waals surface area contributed by atoms with E-state index in [4.69, 9.17) is 9.52 Å². The van der Waals surface area contributed by atoms with Crippen molar-refractivity contribution in [2.24, 2.45) is 0 Å². The lowest BCUT2D eigenvalue weighted by atomic mass is 10.3. The van der Waals surface area contributed by atoms with Crippen molar-refractivity contribution < 1.29 is 14.3 Å². The molecule has 0 unspecified atom stereocenters. The lowest BCUT2D eigenvalue weighted by Gasteiger charge is -2.07. The van der Waals surface area contributed by atoms with Crippen LogP contribution in [-0.4, -0.2) is 20.6 Å². The molecule has 3 aromatic heterocycles. The highest BCUT2D eigenvalue weighted by Gasteiger charge is 2.14. The molecule has 7 heteroatoms. The molecule has 0 atom stereocenters. The van der Waals surface area contributed by atoms with Gasteiger partial charge in [0.25, 0.3) is 5.56 Å². The third-order valence-corrected chi connectivity index (χ3v) is 4.10. The average Bonchev–Trinajstić information content (AvgIpc) is 3.01. The van der Waals surface area contributed by atoms with Crippen LogP contribution < -0.4 is 5.56 Å². The molecule has 0 saturated carbocycles. The molecule has 0 aliphatic rings. The van der Waals surface area contributed by atoms with E-state index < -0.39 is 5.97 Å². The fraction of sp³-hybridized carbons (Fsp3) is 0.214. The maximum absolute atomic E-state index is 12.5. The first-order chi connectivity index (χ1) is 9.95. The van der Waals surface area contributed by atoms with Gasteiger partial charge in [-0.1, -0.05) is 0 Å². The SMILES string of the molecule is Cc1cc2c(=O)n(Cc3ccc(C(=O)O)o3)c(C)nc2s1. The van der Waals surface area contributed by atoms with Crippen LogP contribution in [0.5, 0.6) is 0 Å². The molecule has 0 saturated heterocycles. The maximum atomic E-state index is 12.5. The summed E-state index contributed by atoms with van der Waals surface area (Å²) in [6.07, 6.45) is 0. The van der Waals surface area contributed by atoms with Gasteiger partial charge in [-0.25, -0.2) is 9.78 Å². The van der Waals surface area contributed by atoms with Crippen molar-refractivity contribution in [1.82, 2.24) is 9.55 Å². The van der Waals surface area contributed by atoms with Crippen molar-refractivity contribution in [1.29, 1.82) is 0 Å². The minimum atomic E-state index is -1.13. The van der Waals surface area contributed by atoms with E-state index in [1.165, 1.54) is 22.0 Å². The van der Waals surface area contributed by atoms with E-state index >= 15 is 0 Å². The summed E-state index contributed by atoms with van der Waals surface area (Å²) in [6.45, 7) is 3.84. The van der Waals surface area contributed by atoms with E-state index in [0.29, 0.717) is 17.0 Å². The molecule has 3 rings (SSSR count). The van der Waals surface area contributed by atoms with Gasteiger partial charge in [-0.3, -0.25) is 9.36 Å². The van der Waals surface area contributed by atoms with E-state index in [1.54, 1.807) is 13.0 Å². The maximum Gasteiger partial charge on any atom is 0.371 e. The van der Waals surface area contributed by atoms with Crippen LogP contribution in [0.1, 0.15) is 27.0 Å². The number of hydrogen-bond acceptors (Lipinski definition) is 5. The number of furan rings is 1. The molecule has 1 N–H and O–H groups in total. The van der Waals surface area contributed by atoms with Gasteiger partial charge < -0.3 is 9.52 Å². The van der Waals surface area contributed by atoms with Crippen molar-refractivity contribution in [3.63, 3.8) is 0 Å². The Morgan fingerprint density at radius 2 is 2.19 bits per heavy atom. The Balaban J connectivity index is 2.07. The van der Waals surface area contributed by atoms with Crippen LogP contribution in [0.25, 0.3) is 10.2 Å². The summed E-state index contributed by atoms with van der Waals surface area (Å²) in [4.78, 5) is 29.4. The van der Waals surface area contributed by atoms with Gasteiger partial charge in [-0.2, -0.15) is 0 Å². The van der Waals surface area contributed by atoms with Crippen molar-refractivity contribution >= 4 is 27.5 Å². The number of thiophene rings is 1. The highest BCUT2D eigenvalue weighted by molar-refractivity contribution is 7.18. The Morgan fingerprint density at radius 3 is 2.86 bits per heavy atom. The lowest BCUT2D eigenvalue weighted by Crippen LogP contribution is -2.23. The smallest absolute Gasteiger partial charge is 0.371 e. The summed E-state index contributed by atoms with van der Waals surface area (Å²) in [5.74, 6) is -0.295. The Morgan fingerprint density at radius 1 is 1.43 bits per heavy atom. The molecule has 6 nitrogen and oxygen atoms in total. The van der Waals surface area contributed by atoms with Gasteiger partial charge >= 0.3 is 5.97 Å². The predicted octanol–water partition coefficient (Wildman–Crippen LogP) is 2.41. The number of carbonyl (C=O) groups is 1. The van der Waals surface area contributed by atoms with Gasteiger partial charge in [0, 0.05) is 4.88 Å². The molecule has 21 heavy (non-hydrogen) atoms. The fourth-order valence-electron chi connectivity index (χ4n) is 2.16. The number of nitrogens with zero attached hydrogens (tertiary/aromatic N) is 2. The van der Waals surface area contributed by atoms with Crippen LogP contribution in [0.3, 0.4) is 0 Å². The average molecular weight is 304 g/mol. The highest BCUT2D eigenvalue weighted by atomic mass is 32.1. The second-order valence-electron chi connectivity index (χ2n) is 4.70. The van der Waals surface area contributed by atoms with Crippen molar-refractivity contribution in [3.8, 4) is 0 Å². The van der Waals surface area contributed by atoms with Crippen LogP contribution in [0, 0.1) is 13.8 Å². The van der Waals surface area contributed by atoms with Gasteiger partial charge in [0.15, 0.2) is 0 Å². The monoisotopic (exact) mass is 304 g/mol. The van der Waals surface area contributed by atoms with E-state index in [1.807, 2.05) is 13.0 Å². The number of aromatic nitrogens is 2. The predicted molar refractivity (Wildman–Crippen MR) is 78.1 cm³/mol. The van der Waals surface area contributed by atoms with Crippen molar-refractivity contribution in [2.75, 3.05) is 0 Å². The summed E-state index contributed by atoms with van der Waals surface area (Å²) in [5.41, 5.74) is -0.143. The van der Waals surface area contributed by atoms with Crippen molar-refractivity contribution in [2.45, 2.75) is 20.4 Å². The first-order valence-electron chi connectivity index (χ1n) is 6.25. The summed E-state index contributed by atoms with van der Waals surface area (Å²) in [6, 6.07) is 4.74. The summed E-state index contributed by atoms with van der Waals surface area (Å²) in [7, 11) is 0. The minimum Gasteiger partial charge on any atom is -0.475 e. The van der Waals surface area contributed by atoms with E-state index in [2.05, 4.69) is 4.98 Å². The molecule has 108 valence electrons. The van der Waals surface area contributed by atoms with Crippen LogP contribution in [0.4, 0.5) is 0 Å². The molecule has 0 fully saturated rings. The van der Waals surface area contributed by atoms with Gasteiger partial charge in [0.1, 0.15) is 16.4 Å². The number of carboxylic acids is 1. The largest absolute Gasteiger partial charge is 0.475 e. The van der Waals surface area contributed by atoms with Crippen molar-refractivity contribution in [3.05, 3.63) is 50.8 Å². The van der Waals surface area contributed by atoms with E-state index in [9.17, 15) is 9.59 Å². The lowest BCUT2D eigenvalue weighted by molar-refractivity contribution is 0.0660. The van der Waals surface area contributed by atoms with Gasteiger partial charge in [-0.15, -0.1) is 11.3 Å². The highest BCUT2D eigenvalue weighted by Crippen LogP contribution is 2.20.